The lowest BCUT2D eigenvalue weighted by molar-refractivity contribution is 0.306. The second kappa shape index (κ2) is 8.60. The summed E-state index contributed by atoms with van der Waals surface area (Å²) >= 11 is 0. The minimum atomic E-state index is 0.422. The molecular weight excluding hydrogens is 270 g/mol. The van der Waals surface area contributed by atoms with Gasteiger partial charge in [-0.1, -0.05) is 63.2 Å². The molecule has 0 saturated carbocycles. The van der Waals surface area contributed by atoms with Crippen molar-refractivity contribution in [1.29, 1.82) is 0 Å². The van der Waals surface area contributed by atoms with Crippen LogP contribution in [0.1, 0.15) is 44.4 Å². The van der Waals surface area contributed by atoms with Crippen molar-refractivity contribution in [2.24, 2.45) is 5.92 Å². The molecule has 2 aromatic rings. The van der Waals surface area contributed by atoms with Gasteiger partial charge in [-0.05, 0) is 42.1 Å². The summed E-state index contributed by atoms with van der Waals surface area (Å²) in [5.74, 6) is 1.59. The van der Waals surface area contributed by atoms with E-state index in [1.165, 1.54) is 11.1 Å². The number of hydrogen-bond acceptors (Lipinski definition) is 2. The van der Waals surface area contributed by atoms with Crippen molar-refractivity contribution in [2.75, 3.05) is 6.54 Å². The van der Waals surface area contributed by atoms with E-state index in [-0.39, 0.29) is 0 Å². The first-order valence-electron chi connectivity index (χ1n) is 8.19. The Kier molecular flexibility index (Phi) is 6.47. The lowest BCUT2D eigenvalue weighted by Gasteiger charge is -2.19. The Bertz CT molecular complexity index is 533. The van der Waals surface area contributed by atoms with Crippen LogP contribution in [0.15, 0.2) is 54.6 Å². The van der Waals surface area contributed by atoms with Gasteiger partial charge in [-0.25, -0.2) is 0 Å². The molecule has 0 aliphatic heterocycles. The van der Waals surface area contributed by atoms with Gasteiger partial charge in [-0.2, -0.15) is 0 Å². The second-order valence-corrected chi connectivity index (χ2v) is 6.11. The van der Waals surface area contributed by atoms with E-state index in [0.717, 1.165) is 18.7 Å². The highest BCUT2D eigenvalue weighted by molar-refractivity contribution is 5.29. The van der Waals surface area contributed by atoms with Gasteiger partial charge in [0.05, 0.1) is 0 Å². The summed E-state index contributed by atoms with van der Waals surface area (Å²) in [5.41, 5.74) is 2.52. The Balaban J connectivity index is 1.91. The van der Waals surface area contributed by atoms with Crippen molar-refractivity contribution in [3.8, 4) is 5.75 Å². The van der Waals surface area contributed by atoms with E-state index >= 15 is 0 Å². The molecule has 0 spiro atoms. The molecule has 0 radical (unpaired) electrons. The van der Waals surface area contributed by atoms with Crippen molar-refractivity contribution in [3.05, 3.63) is 65.7 Å². The fourth-order valence-corrected chi connectivity index (χ4v) is 2.41. The van der Waals surface area contributed by atoms with Crippen LogP contribution in [0.25, 0.3) is 0 Å². The monoisotopic (exact) mass is 297 g/mol. The number of benzene rings is 2. The van der Waals surface area contributed by atoms with Crippen LogP contribution in [-0.2, 0) is 6.61 Å². The molecule has 0 aliphatic rings. The van der Waals surface area contributed by atoms with Gasteiger partial charge in [0.25, 0.3) is 0 Å². The molecule has 2 aromatic carbocycles. The first kappa shape index (κ1) is 16.6. The Morgan fingerprint density at radius 1 is 0.955 bits per heavy atom. The van der Waals surface area contributed by atoms with Crippen molar-refractivity contribution in [2.45, 2.75) is 39.8 Å². The zero-order chi connectivity index (χ0) is 15.8. The van der Waals surface area contributed by atoms with E-state index < -0.39 is 0 Å². The molecule has 0 heterocycles. The molecule has 0 unspecified atom stereocenters. The maximum atomic E-state index is 5.84. The van der Waals surface area contributed by atoms with Crippen molar-refractivity contribution < 1.29 is 4.74 Å². The van der Waals surface area contributed by atoms with Gasteiger partial charge in [0.1, 0.15) is 12.4 Å². The van der Waals surface area contributed by atoms with E-state index in [1.54, 1.807) is 0 Å². The molecule has 0 aliphatic carbocycles. The number of nitrogens with one attached hydrogen (secondary N) is 1. The first-order valence-corrected chi connectivity index (χ1v) is 8.19. The third-order valence-corrected chi connectivity index (χ3v) is 3.71. The van der Waals surface area contributed by atoms with Gasteiger partial charge in [0.2, 0.25) is 0 Å². The summed E-state index contributed by atoms with van der Waals surface area (Å²) in [4.78, 5) is 0. The Morgan fingerprint density at radius 2 is 1.64 bits per heavy atom. The highest BCUT2D eigenvalue weighted by Gasteiger charge is 2.09. The average Bonchev–Trinajstić information content (AvgIpc) is 2.55. The van der Waals surface area contributed by atoms with Gasteiger partial charge in [0, 0.05) is 6.04 Å². The molecule has 2 nitrogen and oxygen atoms in total. The van der Waals surface area contributed by atoms with Crippen LogP contribution in [0.3, 0.4) is 0 Å². The Labute approximate surface area is 134 Å². The molecule has 0 saturated heterocycles. The van der Waals surface area contributed by atoms with E-state index in [9.17, 15) is 0 Å². The summed E-state index contributed by atoms with van der Waals surface area (Å²) in [6, 6.07) is 19.1. The maximum Gasteiger partial charge on any atom is 0.119 e. The topological polar surface area (TPSA) is 21.3 Å². The quantitative estimate of drug-likeness (QED) is 0.743. The third-order valence-electron chi connectivity index (χ3n) is 3.71. The average molecular weight is 297 g/mol. The molecule has 0 amide bonds. The zero-order valence-corrected chi connectivity index (χ0v) is 13.9. The summed E-state index contributed by atoms with van der Waals surface area (Å²) in [6.07, 6.45) is 1.09. The van der Waals surface area contributed by atoms with Gasteiger partial charge in [-0.3, -0.25) is 0 Å². The zero-order valence-electron chi connectivity index (χ0n) is 13.9. The summed E-state index contributed by atoms with van der Waals surface area (Å²) in [5, 5.41) is 3.62. The smallest absolute Gasteiger partial charge is 0.119 e. The second-order valence-electron chi connectivity index (χ2n) is 6.11. The molecule has 0 aromatic heterocycles. The molecule has 2 rings (SSSR count). The van der Waals surface area contributed by atoms with Crippen LogP contribution >= 0.6 is 0 Å². The van der Waals surface area contributed by atoms with Gasteiger partial charge in [-0.15, -0.1) is 0 Å². The lowest BCUT2D eigenvalue weighted by Crippen LogP contribution is -2.24. The fraction of sp³-hybridized carbons (Fsp3) is 0.400. The van der Waals surface area contributed by atoms with Crippen molar-refractivity contribution >= 4 is 0 Å². The number of ether oxygens (including phenoxy) is 1. The molecule has 1 atom stereocenters. The van der Waals surface area contributed by atoms with Gasteiger partial charge >= 0.3 is 0 Å². The highest BCUT2D eigenvalue weighted by Crippen LogP contribution is 2.21. The summed E-state index contributed by atoms with van der Waals surface area (Å²) in [6.45, 7) is 8.35. The highest BCUT2D eigenvalue weighted by atomic mass is 16.5. The van der Waals surface area contributed by atoms with Crippen LogP contribution in [-0.4, -0.2) is 6.54 Å². The van der Waals surface area contributed by atoms with Crippen molar-refractivity contribution in [1.82, 2.24) is 5.32 Å². The molecule has 22 heavy (non-hydrogen) atoms. The fourth-order valence-electron chi connectivity index (χ4n) is 2.41. The first-order chi connectivity index (χ1) is 10.7. The Hall–Kier alpha value is -1.80. The number of hydrogen-bond donors (Lipinski definition) is 1. The summed E-state index contributed by atoms with van der Waals surface area (Å²) < 4.78 is 5.84. The molecule has 0 fully saturated rings. The minimum Gasteiger partial charge on any atom is -0.489 e. The van der Waals surface area contributed by atoms with E-state index in [1.807, 2.05) is 18.2 Å². The predicted octanol–water partition coefficient (Wildman–Crippen LogP) is 4.96. The largest absolute Gasteiger partial charge is 0.489 e. The summed E-state index contributed by atoms with van der Waals surface area (Å²) in [7, 11) is 0. The molecular formula is C20H27NO. The standard InChI is InChI=1S/C20H27NO/c1-4-20(21-14-16(2)3)18-10-12-19(13-11-18)22-15-17-8-6-5-7-9-17/h5-13,16,20-21H,4,14-15H2,1-3H3/t20-/m0/s1. The third kappa shape index (κ3) is 5.19. The van der Waals surface area contributed by atoms with Crippen molar-refractivity contribution in [3.63, 3.8) is 0 Å². The van der Waals surface area contributed by atoms with Crippen LogP contribution in [0, 0.1) is 5.92 Å². The minimum absolute atomic E-state index is 0.422. The van der Waals surface area contributed by atoms with E-state index in [2.05, 4.69) is 62.5 Å². The molecule has 118 valence electrons. The Morgan fingerprint density at radius 3 is 2.23 bits per heavy atom. The number of rotatable bonds is 8. The van der Waals surface area contributed by atoms with Crippen LogP contribution in [0.5, 0.6) is 5.75 Å². The SMILES string of the molecule is CC[C@H](NCC(C)C)c1ccc(OCc2ccccc2)cc1. The van der Waals surface area contributed by atoms with Crippen LogP contribution in [0.2, 0.25) is 0 Å². The molecule has 2 heteroatoms. The van der Waals surface area contributed by atoms with Crippen LogP contribution < -0.4 is 10.1 Å². The van der Waals surface area contributed by atoms with Gasteiger partial charge in [0.15, 0.2) is 0 Å². The van der Waals surface area contributed by atoms with Crippen LogP contribution in [0.4, 0.5) is 0 Å². The van der Waals surface area contributed by atoms with Gasteiger partial charge < -0.3 is 10.1 Å². The van der Waals surface area contributed by atoms with E-state index in [4.69, 9.17) is 4.74 Å². The molecule has 1 N–H and O–H groups in total. The molecule has 0 bridgehead atoms. The van der Waals surface area contributed by atoms with E-state index in [0.29, 0.717) is 18.6 Å². The maximum absolute atomic E-state index is 5.84. The predicted molar refractivity (Wildman–Crippen MR) is 93.1 cm³/mol. The normalized spacial score (nSPS) is 12.4. The lowest BCUT2D eigenvalue weighted by atomic mass is 10.0.